The lowest BCUT2D eigenvalue weighted by atomic mass is 10.1. The summed E-state index contributed by atoms with van der Waals surface area (Å²) in [5.74, 6) is -0.295. The summed E-state index contributed by atoms with van der Waals surface area (Å²) >= 11 is 0. The molecule has 0 radical (unpaired) electrons. The standard InChI is InChI=1S/C20H20FN3O/c21-18-11-16-7-4-9-23-20(16)17(12-18)14-22-10-8-19(25)24-13-15-5-2-1-3-6-15/h1-7,9,11-12,22H,8,10,13-14H2,(H,24,25). The van der Waals surface area contributed by atoms with Crippen LogP contribution in [0.15, 0.2) is 60.8 Å². The van der Waals surface area contributed by atoms with Gasteiger partial charge in [-0.1, -0.05) is 36.4 Å². The average molecular weight is 337 g/mol. The lowest BCUT2D eigenvalue weighted by Gasteiger charge is -2.09. The first-order valence-corrected chi connectivity index (χ1v) is 8.27. The van der Waals surface area contributed by atoms with Crippen molar-refractivity contribution >= 4 is 16.8 Å². The Morgan fingerprint density at radius 2 is 1.88 bits per heavy atom. The molecule has 3 aromatic rings. The molecule has 0 unspecified atom stereocenters. The normalized spacial score (nSPS) is 10.8. The molecule has 0 saturated carbocycles. The number of aromatic nitrogens is 1. The highest BCUT2D eigenvalue weighted by Crippen LogP contribution is 2.18. The summed E-state index contributed by atoms with van der Waals surface area (Å²) in [5, 5.41) is 6.85. The maximum Gasteiger partial charge on any atom is 0.221 e. The van der Waals surface area contributed by atoms with Gasteiger partial charge in [-0.15, -0.1) is 0 Å². The van der Waals surface area contributed by atoms with Gasteiger partial charge in [0.15, 0.2) is 0 Å². The molecule has 0 bridgehead atoms. The smallest absolute Gasteiger partial charge is 0.221 e. The van der Waals surface area contributed by atoms with Crippen LogP contribution in [0.25, 0.3) is 10.9 Å². The Bertz CT molecular complexity index is 852. The van der Waals surface area contributed by atoms with Crippen LogP contribution in [0.1, 0.15) is 17.5 Å². The number of hydrogen-bond donors (Lipinski definition) is 2. The molecule has 1 heterocycles. The topological polar surface area (TPSA) is 54.0 Å². The molecule has 0 spiro atoms. The van der Waals surface area contributed by atoms with Crippen LogP contribution in [0.3, 0.4) is 0 Å². The zero-order chi connectivity index (χ0) is 17.5. The van der Waals surface area contributed by atoms with Crippen molar-refractivity contribution in [2.45, 2.75) is 19.5 Å². The minimum absolute atomic E-state index is 0.0152. The van der Waals surface area contributed by atoms with Crippen LogP contribution in [-0.2, 0) is 17.9 Å². The minimum Gasteiger partial charge on any atom is -0.352 e. The van der Waals surface area contributed by atoms with Crippen LogP contribution in [0.5, 0.6) is 0 Å². The first-order chi connectivity index (χ1) is 12.2. The van der Waals surface area contributed by atoms with Crippen molar-refractivity contribution in [1.29, 1.82) is 0 Å². The van der Waals surface area contributed by atoms with E-state index in [1.807, 2.05) is 36.4 Å². The predicted octanol–water partition coefficient (Wildman–Crippen LogP) is 3.17. The summed E-state index contributed by atoms with van der Waals surface area (Å²) in [7, 11) is 0. The predicted molar refractivity (Wildman–Crippen MR) is 96.3 cm³/mol. The average Bonchev–Trinajstić information content (AvgIpc) is 2.64. The van der Waals surface area contributed by atoms with Gasteiger partial charge in [0.1, 0.15) is 5.82 Å². The molecule has 0 saturated heterocycles. The minimum atomic E-state index is -0.280. The SMILES string of the molecule is O=C(CCNCc1cc(F)cc2cccnc12)NCc1ccccc1. The second-order valence-electron chi connectivity index (χ2n) is 5.83. The Hall–Kier alpha value is -2.79. The van der Waals surface area contributed by atoms with Gasteiger partial charge in [-0.2, -0.15) is 0 Å². The van der Waals surface area contributed by atoms with Gasteiger partial charge in [0.2, 0.25) is 5.91 Å². The molecule has 0 aliphatic heterocycles. The number of fused-ring (bicyclic) bond motifs is 1. The number of nitrogens with zero attached hydrogens (tertiary/aromatic N) is 1. The van der Waals surface area contributed by atoms with Crippen LogP contribution in [0.2, 0.25) is 0 Å². The number of nitrogens with one attached hydrogen (secondary N) is 2. The third kappa shape index (κ3) is 4.84. The fraction of sp³-hybridized carbons (Fsp3) is 0.200. The molecule has 0 aliphatic rings. The lowest BCUT2D eigenvalue weighted by molar-refractivity contribution is -0.121. The van der Waals surface area contributed by atoms with Crippen LogP contribution < -0.4 is 10.6 Å². The van der Waals surface area contributed by atoms with Crippen LogP contribution in [0, 0.1) is 5.82 Å². The fourth-order valence-electron chi connectivity index (χ4n) is 2.67. The van der Waals surface area contributed by atoms with E-state index in [9.17, 15) is 9.18 Å². The molecule has 0 aliphatic carbocycles. The van der Waals surface area contributed by atoms with Crippen molar-refractivity contribution in [2.24, 2.45) is 0 Å². The van der Waals surface area contributed by atoms with Gasteiger partial charge in [-0.05, 0) is 29.3 Å². The van der Waals surface area contributed by atoms with E-state index in [0.29, 0.717) is 26.1 Å². The van der Waals surface area contributed by atoms with Gasteiger partial charge in [-0.25, -0.2) is 4.39 Å². The van der Waals surface area contributed by atoms with Crippen molar-refractivity contribution < 1.29 is 9.18 Å². The third-order valence-electron chi connectivity index (χ3n) is 3.93. The van der Waals surface area contributed by atoms with E-state index in [2.05, 4.69) is 15.6 Å². The Morgan fingerprint density at radius 1 is 1.04 bits per heavy atom. The summed E-state index contributed by atoms with van der Waals surface area (Å²) in [5.41, 5.74) is 2.64. The number of benzene rings is 2. The molecular formula is C20H20FN3O. The Balaban J connectivity index is 1.46. The molecule has 4 nitrogen and oxygen atoms in total. The van der Waals surface area contributed by atoms with Gasteiger partial charge in [0.05, 0.1) is 5.52 Å². The molecule has 0 atom stereocenters. The number of pyridine rings is 1. The van der Waals surface area contributed by atoms with E-state index < -0.39 is 0 Å². The number of hydrogen-bond acceptors (Lipinski definition) is 3. The Kier molecular flexibility index (Phi) is 5.69. The third-order valence-corrected chi connectivity index (χ3v) is 3.93. The van der Waals surface area contributed by atoms with Gasteiger partial charge in [-0.3, -0.25) is 9.78 Å². The summed E-state index contributed by atoms with van der Waals surface area (Å²) in [6.07, 6.45) is 2.06. The summed E-state index contributed by atoms with van der Waals surface area (Å²) in [4.78, 5) is 16.2. The first-order valence-electron chi connectivity index (χ1n) is 8.27. The van der Waals surface area contributed by atoms with Crippen molar-refractivity contribution in [3.8, 4) is 0 Å². The van der Waals surface area contributed by atoms with Gasteiger partial charge < -0.3 is 10.6 Å². The van der Waals surface area contributed by atoms with E-state index in [1.165, 1.54) is 12.1 Å². The van der Waals surface area contributed by atoms with E-state index in [0.717, 1.165) is 22.0 Å². The molecular weight excluding hydrogens is 317 g/mol. The van der Waals surface area contributed by atoms with Crippen molar-refractivity contribution in [3.63, 3.8) is 0 Å². The van der Waals surface area contributed by atoms with E-state index >= 15 is 0 Å². The van der Waals surface area contributed by atoms with Crippen molar-refractivity contribution in [3.05, 3.63) is 77.7 Å². The van der Waals surface area contributed by atoms with Gasteiger partial charge >= 0.3 is 0 Å². The van der Waals surface area contributed by atoms with Crippen molar-refractivity contribution in [1.82, 2.24) is 15.6 Å². The molecule has 2 aromatic carbocycles. The Morgan fingerprint density at radius 3 is 2.72 bits per heavy atom. The van der Waals surface area contributed by atoms with Crippen molar-refractivity contribution in [2.75, 3.05) is 6.54 Å². The van der Waals surface area contributed by atoms with E-state index in [-0.39, 0.29) is 11.7 Å². The zero-order valence-corrected chi connectivity index (χ0v) is 13.8. The largest absolute Gasteiger partial charge is 0.352 e. The first kappa shape index (κ1) is 17.0. The number of amides is 1. The maximum absolute atomic E-state index is 13.7. The molecule has 25 heavy (non-hydrogen) atoms. The second-order valence-corrected chi connectivity index (χ2v) is 5.83. The van der Waals surface area contributed by atoms with Crippen LogP contribution in [-0.4, -0.2) is 17.4 Å². The summed E-state index contributed by atoms with van der Waals surface area (Å²) < 4.78 is 13.7. The lowest BCUT2D eigenvalue weighted by Crippen LogP contribution is -2.27. The fourth-order valence-corrected chi connectivity index (χ4v) is 2.67. The highest BCUT2D eigenvalue weighted by atomic mass is 19.1. The second kappa shape index (κ2) is 8.35. The molecule has 3 rings (SSSR count). The highest BCUT2D eigenvalue weighted by molar-refractivity contribution is 5.81. The van der Waals surface area contributed by atoms with E-state index in [1.54, 1.807) is 12.3 Å². The Labute approximate surface area is 146 Å². The van der Waals surface area contributed by atoms with Crippen LogP contribution in [0.4, 0.5) is 4.39 Å². The number of carbonyl (C=O) groups excluding carboxylic acids is 1. The van der Waals surface area contributed by atoms with Gasteiger partial charge in [0.25, 0.3) is 0 Å². The quantitative estimate of drug-likeness (QED) is 0.651. The van der Waals surface area contributed by atoms with Gasteiger partial charge in [0, 0.05) is 37.6 Å². The molecule has 1 aromatic heterocycles. The number of carbonyl (C=O) groups is 1. The monoisotopic (exact) mass is 337 g/mol. The molecule has 0 fully saturated rings. The van der Waals surface area contributed by atoms with Crippen LogP contribution >= 0.6 is 0 Å². The highest BCUT2D eigenvalue weighted by Gasteiger charge is 2.06. The molecule has 1 amide bonds. The zero-order valence-electron chi connectivity index (χ0n) is 13.8. The summed E-state index contributed by atoms with van der Waals surface area (Å²) in [6.45, 7) is 1.51. The molecule has 128 valence electrons. The number of rotatable bonds is 7. The summed E-state index contributed by atoms with van der Waals surface area (Å²) in [6, 6.07) is 16.4. The molecule has 5 heteroatoms. The maximum atomic E-state index is 13.7. The molecule has 2 N–H and O–H groups in total. The number of halogens is 1. The van der Waals surface area contributed by atoms with E-state index in [4.69, 9.17) is 0 Å².